The number of fused-ring (bicyclic) bond motifs is 1. The summed E-state index contributed by atoms with van der Waals surface area (Å²) in [6.07, 6.45) is 4.37. The Balaban J connectivity index is 2.07. The summed E-state index contributed by atoms with van der Waals surface area (Å²) in [6, 6.07) is 8.58. The van der Waals surface area contributed by atoms with Crippen LogP contribution in [0, 0.1) is 5.92 Å². The molecule has 1 aliphatic heterocycles. The second-order valence-electron chi connectivity index (χ2n) is 5.31. The quantitative estimate of drug-likeness (QED) is 0.784. The number of carbonyl (C=O) groups excluding carboxylic acids is 1. The first kappa shape index (κ1) is 12.2. The van der Waals surface area contributed by atoms with Gasteiger partial charge in [-0.15, -0.1) is 0 Å². The highest BCUT2D eigenvalue weighted by Crippen LogP contribution is 2.32. The molecule has 19 heavy (non-hydrogen) atoms. The molecule has 0 N–H and O–H groups in total. The van der Waals surface area contributed by atoms with Crippen molar-refractivity contribution in [2.24, 2.45) is 5.92 Å². The zero-order valence-corrected chi connectivity index (χ0v) is 11.3. The molecule has 0 amide bonds. The van der Waals surface area contributed by atoms with Crippen molar-refractivity contribution in [3.05, 3.63) is 36.7 Å². The van der Waals surface area contributed by atoms with E-state index in [2.05, 4.69) is 35.0 Å². The first-order valence-corrected chi connectivity index (χ1v) is 6.80. The van der Waals surface area contributed by atoms with Crippen molar-refractivity contribution in [3.8, 4) is 0 Å². The summed E-state index contributed by atoms with van der Waals surface area (Å²) in [5.74, 6) is 0.475. The fourth-order valence-corrected chi connectivity index (χ4v) is 2.89. The zero-order chi connectivity index (χ0) is 13.4. The lowest BCUT2D eigenvalue weighted by molar-refractivity contribution is -0.123. The largest absolute Gasteiger partial charge is 0.367 e. The highest BCUT2D eigenvalue weighted by molar-refractivity contribution is 5.95. The van der Waals surface area contributed by atoms with Crippen LogP contribution in [0.15, 0.2) is 36.7 Å². The molecule has 1 aliphatic rings. The first-order chi connectivity index (χ1) is 9.18. The summed E-state index contributed by atoms with van der Waals surface area (Å²) in [5, 5.41) is 2.36. The van der Waals surface area contributed by atoms with E-state index < -0.39 is 0 Å². The molecular weight excluding hydrogens is 236 g/mol. The van der Waals surface area contributed by atoms with E-state index in [-0.39, 0.29) is 12.0 Å². The van der Waals surface area contributed by atoms with Crippen LogP contribution in [0.3, 0.4) is 0 Å². The van der Waals surface area contributed by atoms with Gasteiger partial charge in [0.25, 0.3) is 0 Å². The summed E-state index contributed by atoms with van der Waals surface area (Å²) in [6.45, 7) is 4.97. The lowest BCUT2D eigenvalue weighted by Crippen LogP contribution is -2.47. The van der Waals surface area contributed by atoms with Crippen molar-refractivity contribution in [1.82, 2.24) is 4.98 Å². The molecule has 0 bridgehead atoms. The Morgan fingerprint density at radius 2 is 2.11 bits per heavy atom. The van der Waals surface area contributed by atoms with E-state index >= 15 is 0 Å². The molecule has 98 valence electrons. The molecular formula is C16H18N2O. The van der Waals surface area contributed by atoms with E-state index in [1.54, 1.807) is 0 Å². The third kappa shape index (κ3) is 1.99. The van der Waals surface area contributed by atoms with Crippen LogP contribution >= 0.6 is 0 Å². The molecule has 2 unspecified atom stereocenters. The average Bonchev–Trinajstić information content (AvgIpc) is 2.45. The van der Waals surface area contributed by atoms with E-state index in [9.17, 15) is 4.79 Å². The number of ketones is 1. The van der Waals surface area contributed by atoms with Gasteiger partial charge in [0.2, 0.25) is 0 Å². The van der Waals surface area contributed by atoms with Gasteiger partial charge in [-0.25, -0.2) is 0 Å². The van der Waals surface area contributed by atoms with E-state index in [0.717, 1.165) is 6.54 Å². The minimum atomic E-state index is 0.0978. The second-order valence-corrected chi connectivity index (χ2v) is 5.31. The number of benzene rings is 1. The van der Waals surface area contributed by atoms with Gasteiger partial charge in [-0.3, -0.25) is 9.78 Å². The lowest BCUT2D eigenvalue weighted by Gasteiger charge is -2.39. The molecule has 0 spiro atoms. The number of rotatable bonds is 1. The number of piperidine rings is 1. The Labute approximate surface area is 113 Å². The molecule has 0 saturated carbocycles. The van der Waals surface area contributed by atoms with Crippen molar-refractivity contribution in [1.29, 1.82) is 0 Å². The van der Waals surface area contributed by atoms with Gasteiger partial charge in [-0.1, -0.05) is 19.1 Å². The third-order valence-electron chi connectivity index (χ3n) is 4.29. The van der Waals surface area contributed by atoms with Crippen LogP contribution < -0.4 is 4.90 Å². The number of anilines is 1. The maximum absolute atomic E-state index is 11.8. The number of hydrogen-bond acceptors (Lipinski definition) is 3. The standard InChI is InChI=1S/C16H18N2O/c1-11-12(2)18(9-7-16(11)19)15-5-3-4-13-6-8-17-10-14(13)15/h3-6,8,10-12H,7,9H2,1-2H3. The second kappa shape index (κ2) is 4.65. The summed E-state index contributed by atoms with van der Waals surface area (Å²) < 4.78 is 0. The molecule has 1 fully saturated rings. The smallest absolute Gasteiger partial charge is 0.139 e. The van der Waals surface area contributed by atoms with Gasteiger partial charge in [0.1, 0.15) is 5.78 Å². The van der Waals surface area contributed by atoms with Gasteiger partial charge in [-0.2, -0.15) is 0 Å². The van der Waals surface area contributed by atoms with E-state index in [4.69, 9.17) is 0 Å². The van der Waals surface area contributed by atoms with E-state index in [1.807, 2.05) is 25.4 Å². The summed E-state index contributed by atoms with van der Waals surface area (Å²) in [5.41, 5.74) is 1.19. The van der Waals surface area contributed by atoms with Crippen LogP contribution in [-0.4, -0.2) is 23.4 Å². The number of aromatic nitrogens is 1. The number of nitrogens with zero attached hydrogens (tertiary/aromatic N) is 2. The van der Waals surface area contributed by atoms with Crippen LogP contribution in [0.5, 0.6) is 0 Å². The minimum absolute atomic E-state index is 0.0978. The Hall–Kier alpha value is -1.90. The predicted octanol–water partition coefficient (Wildman–Crippen LogP) is 3.04. The van der Waals surface area contributed by atoms with Crippen LogP contribution in [0.1, 0.15) is 20.3 Å². The normalized spacial score (nSPS) is 23.9. The monoisotopic (exact) mass is 254 g/mol. The van der Waals surface area contributed by atoms with Gasteiger partial charge >= 0.3 is 0 Å². The molecule has 1 saturated heterocycles. The molecule has 0 aliphatic carbocycles. The first-order valence-electron chi connectivity index (χ1n) is 6.80. The lowest BCUT2D eigenvalue weighted by atomic mass is 9.90. The summed E-state index contributed by atoms with van der Waals surface area (Å²) >= 11 is 0. The van der Waals surface area contributed by atoms with Crippen molar-refractivity contribution in [3.63, 3.8) is 0 Å². The Morgan fingerprint density at radius 1 is 1.26 bits per heavy atom. The fraction of sp³-hybridized carbons (Fsp3) is 0.375. The van der Waals surface area contributed by atoms with Gasteiger partial charge in [-0.05, 0) is 24.4 Å². The Morgan fingerprint density at radius 3 is 2.95 bits per heavy atom. The molecule has 1 aromatic carbocycles. The molecule has 2 atom stereocenters. The summed E-state index contributed by atoms with van der Waals surface area (Å²) in [7, 11) is 0. The van der Waals surface area contributed by atoms with Crippen molar-refractivity contribution >= 4 is 22.2 Å². The highest BCUT2D eigenvalue weighted by Gasteiger charge is 2.31. The third-order valence-corrected chi connectivity index (χ3v) is 4.29. The minimum Gasteiger partial charge on any atom is -0.367 e. The van der Waals surface area contributed by atoms with Crippen LogP contribution in [0.25, 0.3) is 10.8 Å². The maximum Gasteiger partial charge on any atom is 0.139 e. The zero-order valence-electron chi connectivity index (χ0n) is 11.3. The number of Topliss-reactive ketones (excluding diaryl/α,β-unsaturated/α-hetero) is 1. The van der Waals surface area contributed by atoms with Crippen LogP contribution in [0.2, 0.25) is 0 Å². The number of pyridine rings is 1. The Kier molecular flexibility index (Phi) is 2.97. The molecule has 3 heteroatoms. The van der Waals surface area contributed by atoms with Crippen molar-refractivity contribution < 1.29 is 4.79 Å². The molecule has 2 aromatic rings. The van der Waals surface area contributed by atoms with Gasteiger partial charge in [0.05, 0.1) is 0 Å². The molecule has 3 nitrogen and oxygen atoms in total. The van der Waals surface area contributed by atoms with Crippen LogP contribution in [-0.2, 0) is 4.79 Å². The SMILES string of the molecule is CC1C(=O)CCN(c2cccc3ccncc23)C1C. The van der Waals surface area contributed by atoms with Crippen LogP contribution in [0.4, 0.5) is 5.69 Å². The Bertz CT molecular complexity index is 618. The van der Waals surface area contributed by atoms with Gasteiger partial charge < -0.3 is 4.90 Å². The molecule has 1 aromatic heterocycles. The summed E-state index contributed by atoms with van der Waals surface area (Å²) in [4.78, 5) is 18.4. The molecule has 0 radical (unpaired) electrons. The highest BCUT2D eigenvalue weighted by atomic mass is 16.1. The predicted molar refractivity (Wildman–Crippen MR) is 77.3 cm³/mol. The molecule has 3 rings (SSSR count). The topological polar surface area (TPSA) is 33.2 Å². The van der Waals surface area contributed by atoms with Crippen molar-refractivity contribution in [2.75, 3.05) is 11.4 Å². The maximum atomic E-state index is 11.8. The average molecular weight is 254 g/mol. The molecule has 2 heterocycles. The van der Waals surface area contributed by atoms with Crippen molar-refractivity contribution in [2.45, 2.75) is 26.3 Å². The van der Waals surface area contributed by atoms with E-state index in [1.165, 1.54) is 16.5 Å². The van der Waals surface area contributed by atoms with Gasteiger partial charge in [0.15, 0.2) is 0 Å². The number of carbonyl (C=O) groups is 1. The van der Waals surface area contributed by atoms with E-state index in [0.29, 0.717) is 12.2 Å². The van der Waals surface area contributed by atoms with Gasteiger partial charge in [0, 0.05) is 48.4 Å². The fourth-order valence-electron chi connectivity index (χ4n) is 2.89. The number of hydrogen-bond donors (Lipinski definition) is 0.